The molecule has 1 amide bonds. The molecule has 0 aliphatic carbocycles. The summed E-state index contributed by atoms with van der Waals surface area (Å²) in [6, 6.07) is 7.50. The average Bonchev–Trinajstić information content (AvgIpc) is 2.82. The number of carbonyl (C=O) groups is 1. The number of hydrogen-bond donors (Lipinski definition) is 0. The Morgan fingerprint density at radius 2 is 1.88 bits per heavy atom. The van der Waals surface area contributed by atoms with Crippen LogP contribution >= 0.6 is 0 Å². The zero-order valence-corrected chi connectivity index (χ0v) is 13.9. The normalized spacial score (nSPS) is 23.8. The molecule has 0 N–H and O–H groups in total. The summed E-state index contributed by atoms with van der Waals surface area (Å²) in [6.45, 7) is 4.47. The minimum atomic E-state index is -0.387. The first kappa shape index (κ1) is 16.6. The van der Waals surface area contributed by atoms with Gasteiger partial charge in [-0.3, -0.25) is 19.8 Å². The van der Waals surface area contributed by atoms with Crippen LogP contribution in [0.5, 0.6) is 0 Å². The van der Waals surface area contributed by atoms with Gasteiger partial charge < -0.3 is 4.90 Å². The number of nitro groups is 1. The number of rotatable bonds is 5. The van der Waals surface area contributed by atoms with Crippen molar-refractivity contribution in [3.63, 3.8) is 0 Å². The third-order valence-electron chi connectivity index (χ3n) is 5.02. The highest BCUT2D eigenvalue weighted by Gasteiger charge is 2.40. The smallest absolute Gasteiger partial charge is 0.269 e. The van der Waals surface area contributed by atoms with Gasteiger partial charge in [0.1, 0.15) is 0 Å². The molecule has 2 saturated heterocycles. The van der Waals surface area contributed by atoms with Gasteiger partial charge in [-0.2, -0.15) is 0 Å². The maximum atomic E-state index is 11.9. The van der Waals surface area contributed by atoms with Gasteiger partial charge in [-0.05, 0) is 30.5 Å². The Balaban J connectivity index is 1.57. The molecule has 3 rings (SSSR count). The van der Waals surface area contributed by atoms with E-state index in [1.807, 2.05) is 17.9 Å². The highest BCUT2D eigenvalue weighted by Crippen LogP contribution is 2.30. The van der Waals surface area contributed by atoms with Crippen LogP contribution in [-0.2, 0) is 4.79 Å². The summed E-state index contributed by atoms with van der Waals surface area (Å²) in [6.07, 6.45) is 7.02. The number of carbonyl (C=O) groups excluding carboxylic acids is 1. The minimum absolute atomic E-state index is 0.113. The van der Waals surface area contributed by atoms with E-state index in [9.17, 15) is 14.9 Å². The van der Waals surface area contributed by atoms with E-state index in [4.69, 9.17) is 0 Å². The molecule has 0 saturated carbocycles. The molecule has 0 spiro atoms. The maximum Gasteiger partial charge on any atom is 0.269 e. The van der Waals surface area contributed by atoms with E-state index < -0.39 is 0 Å². The molecule has 0 radical (unpaired) electrons. The van der Waals surface area contributed by atoms with Crippen LogP contribution in [0, 0.1) is 10.1 Å². The molecule has 2 heterocycles. The van der Waals surface area contributed by atoms with Crippen molar-refractivity contribution in [2.45, 2.75) is 38.3 Å². The largest absolute Gasteiger partial charge is 0.340 e. The van der Waals surface area contributed by atoms with Crippen LogP contribution in [0.2, 0.25) is 0 Å². The van der Waals surface area contributed by atoms with Crippen molar-refractivity contribution < 1.29 is 9.72 Å². The van der Waals surface area contributed by atoms with Gasteiger partial charge in [-0.25, -0.2) is 0 Å². The Morgan fingerprint density at radius 1 is 1.25 bits per heavy atom. The number of nitro benzene ring substituents is 1. The Morgan fingerprint density at radius 3 is 2.42 bits per heavy atom. The molecule has 2 fully saturated rings. The van der Waals surface area contributed by atoms with E-state index in [-0.39, 0.29) is 16.5 Å². The van der Waals surface area contributed by atoms with E-state index in [1.54, 1.807) is 12.1 Å². The highest BCUT2D eigenvalue weighted by atomic mass is 16.6. The molecule has 6 heteroatoms. The van der Waals surface area contributed by atoms with Crippen molar-refractivity contribution in [3.05, 3.63) is 46.0 Å². The van der Waals surface area contributed by atoms with Crippen LogP contribution < -0.4 is 0 Å². The van der Waals surface area contributed by atoms with E-state index in [1.165, 1.54) is 12.1 Å². The number of fused-ring (bicyclic) bond motifs is 2. The molecule has 128 valence electrons. The van der Waals surface area contributed by atoms with Crippen LogP contribution in [0.15, 0.2) is 30.3 Å². The third-order valence-corrected chi connectivity index (χ3v) is 5.02. The predicted octanol–water partition coefficient (Wildman–Crippen LogP) is 2.69. The maximum absolute atomic E-state index is 11.9. The van der Waals surface area contributed by atoms with E-state index in [0.717, 1.165) is 38.0 Å². The van der Waals surface area contributed by atoms with Crippen molar-refractivity contribution >= 4 is 17.7 Å². The van der Waals surface area contributed by atoms with Gasteiger partial charge in [0.2, 0.25) is 5.91 Å². The van der Waals surface area contributed by atoms with Crippen molar-refractivity contribution in [1.82, 2.24) is 9.80 Å². The Hall–Kier alpha value is -2.21. The molecule has 1 aromatic rings. The van der Waals surface area contributed by atoms with Crippen LogP contribution in [-0.4, -0.2) is 52.3 Å². The Bertz CT molecular complexity index is 627. The van der Waals surface area contributed by atoms with Gasteiger partial charge in [0.05, 0.1) is 4.92 Å². The van der Waals surface area contributed by atoms with E-state index >= 15 is 0 Å². The Kier molecular flexibility index (Phi) is 4.94. The van der Waals surface area contributed by atoms with E-state index in [2.05, 4.69) is 11.0 Å². The number of likely N-dealkylation sites (tertiary alicyclic amines) is 1. The second kappa shape index (κ2) is 7.13. The standard InChI is InChI=1S/C18H23N3O3/c1-2-18(22)19-12-16-9-10-17(13-19)20(16)11-3-4-14-5-7-15(8-6-14)21(23)24/h3-8,16-17H,2,9-13H2,1H3/b4-3+. The summed E-state index contributed by atoms with van der Waals surface area (Å²) in [5.41, 5.74) is 1.08. The van der Waals surface area contributed by atoms with Crippen LogP contribution in [0.1, 0.15) is 31.7 Å². The van der Waals surface area contributed by atoms with Crippen molar-refractivity contribution in [2.75, 3.05) is 19.6 Å². The molecule has 2 bridgehead atoms. The number of hydrogen-bond acceptors (Lipinski definition) is 4. The van der Waals surface area contributed by atoms with Crippen molar-refractivity contribution in [3.8, 4) is 0 Å². The topological polar surface area (TPSA) is 66.7 Å². The number of benzene rings is 1. The highest BCUT2D eigenvalue weighted by molar-refractivity contribution is 5.76. The fourth-order valence-electron chi connectivity index (χ4n) is 3.73. The molecule has 2 aliphatic heterocycles. The summed E-state index contributed by atoms with van der Waals surface area (Å²) in [7, 11) is 0. The zero-order valence-electron chi connectivity index (χ0n) is 13.9. The minimum Gasteiger partial charge on any atom is -0.340 e. The first-order chi connectivity index (χ1) is 11.6. The number of amides is 1. The Labute approximate surface area is 141 Å². The molecule has 2 unspecified atom stereocenters. The lowest BCUT2D eigenvalue weighted by Gasteiger charge is -2.40. The number of piperazine rings is 1. The van der Waals surface area contributed by atoms with Gasteiger partial charge in [-0.15, -0.1) is 0 Å². The van der Waals surface area contributed by atoms with Gasteiger partial charge in [0.15, 0.2) is 0 Å². The van der Waals surface area contributed by atoms with Crippen LogP contribution in [0.3, 0.4) is 0 Å². The van der Waals surface area contributed by atoms with Gasteiger partial charge in [-0.1, -0.05) is 19.1 Å². The van der Waals surface area contributed by atoms with Crippen molar-refractivity contribution in [1.29, 1.82) is 0 Å². The molecule has 2 atom stereocenters. The zero-order chi connectivity index (χ0) is 17.1. The second-order valence-electron chi connectivity index (χ2n) is 6.49. The van der Waals surface area contributed by atoms with Crippen LogP contribution in [0.4, 0.5) is 5.69 Å². The lowest BCUT2D eigenvalue weighted by molar-refractivity contribution is -0.384. The van der Waals surface area contributed by atoms with Gasteiger partial charge >= 0.3 is 0 Å². The third kappa shape index (κ3) is 3.48. The molecule has 6 nitrogen and oxygen atoms in total. The fourth-order valence-corrected chi connectivity index (χ4v) is 3.73. The molecular weight excluding hydrogens is 306 g/mol. The summed E-state index contributed by atoms with van der Waals surface area (Å²) in [5, 5.41) is 10.7. The van der Waals surface area contributed by atoms with E-state index in [0.29, 0.717) is 18.5 Å². The monoisotopic (exact) mass is 329 g/mol. The summed E-state index contributed by atoms with van der Waals surface area (Å²) in [5.74, 6) is 0.257. The first-order valence-electron chi connectivity index (χ1n) is 8.53. The first-order valence-corrected chi connectivity index (χ1v) is 8.53. The number of nitrogens with zero attached hydrogens (tertiary/aromatic N) is 3. The quantitative estimate of drug-likeness (QED) is 0.615. The molecule has 1 aromatic carbocycles. The summed E-state index contributed by atoms with van der Waals surface area (Å²) >= 11 is 0. The van der Waals surface area contributed by atoms with Crippen LogP contribution in [0.25, 0.3) is 6.08 Å². The molecule has 0 aromatic heterocycles. The SMILES string of the molecule is CCC(=O)N1CC2CCC(C1)N2C/C=C/c1ccc([N+](=O)[O-])cc1. The van der Waals surface area contributed by atoms with Gasteiger partial charge in [0.25, 0.3) is 5.69 Å². The predicted molar refractivity (Wildman–Crippen MR) is 92.5 cm³/mol. The van der Waals surface area contributed by atoms with Crippen molar-refractivity contribution in [2.24, 2.45) is 0 Å². The summed E-state index contributed by atoms with van der Waals surface area (Å²) in [4.78, 5) is 26.7. The lowest BCUT2D eigenvalue weighted by atomic mass is 10.1. The summed E-state index contributed by atoms with van der Waals surface area (Å²) < 4.78 is 0. The second-order valence-corrected chi connectivity index (χ2v) is 6.49. The lowest BCUT2D eigenvalue weighted by Crippen LogP contribution is -2.55. The molecule has 2 aliphatic rings. The average molecular weight is 329 g/mol. The molecular formula is C18H23N3O3. The fraction of sp³-hybridized carbons (Fsp3) is 0.500. The number of non-ortho nitro benzene ring substituents is 1. The van der Waals surface area contributed by atoms with Gasteiger partial charge in [0, 0.05) is 50.3 Å². The molecule has 24 heavy (non-hydrogen) atoms.